The van der Waals surface area contributed by atoms with Gasteiger partial charge < -0.3 is 5.11 Å². The van der Waals surface area contributed by atoms with Crippen LogP contribution in [0, 0.1) is 0 Å². The summed E-state index contributed by atoms with van der Waals surface area (Å²) in [5.41, 5.74) is 5.87. The summed E-state index contributed by atoms with van der Waals surface area (Å²) in [6.45, 7) is 6.22. The Kier molecular flexibility index (Phi) is 7.96. The lowest BCUT2D eigenvalue weighted by Crippen LogP contribution is -2.44. The molecule has 166 valence electrons. The molecule has 0 aliphatic heterocycles. The molecule has 0 heterocycles. The molecule has 0 aliphatic carbocycles. The molecule has 0 atom stereocenters. The minimum Gasteiger partial charge on any atom is -0.372 e. The van der Waals surface area contributed by atoms with E-state index in [0.717, 1.165) is 48.1 Å². The van der Waals surface area contributed by atoms with Crippen molar-refractivity contribution < 1.29 is 9.90 Å². The Morgan fingerprint density at radius 1 is 0.812 bits per heavy atom. The van der Waals surface area contributed by atoms with Gasteiger partial charge in [0.15, 0.2) is 5.60 Å². The maximum absolute atomic E-state index is 13.4. The van der Waals surface area contributed by atoms with Crippen molar-refractivity contribution in [3.05, 3.63) is 107 Å². The van der Waals surface area contributed by atoms with E-state index in [4.69, 9.17) is 0 Å². The molecule has 0 bridgehead atoms. The molecule has 0 unspecified atom stereocenters. The van der Waals surface area contributed by atoms with Crippen LogP contribution in [0.15, 0.2) is 84.0 Å². The molecule has 4 heteroatoms. The summed E-state index contributed by atoms with van der Waals surface area (Å²) in [5, 5.41) is 16.2. The molecular formula is C28H32N2O2. The predicted octanol–water partition coefficient (Wildman–Crippen LogP) is 5.37. The van der Waals surface area contributed by atoms with Crippen LogP contribution in [-0.2, 0) is 23.2 Å². The molecule has 0 aliphatic rings. The minimum atomic E-state index is -1.85. The van der Waals surface area contributed by atoms with Gasteiger partial charge >= 0.3 is 0 Å². The van der Waals surface area contributed by atoms with Gasteiger partial charge in [0.25, 0.3) is 5.91 Å². The fourth-order valence-corrected chi connectivity index (χ4v) is 3.72. The minimum absolute atomic E-state index is 0.517. The number of aryl methyl sites for hydroxylation is 2. The Morgan fingerprint density at radius 3 is 1.75 bits per heavy atom. The van der Waals surface area contributed by atoms with Crippen LogP contribution < -0.4 is 5.43 Å². The van der Waals surface area contributed by atoms with Crippen molar-refractivity contribution in [2.24, 2.45) is 5.10 Å². The second-order valence-corrected chi connectivity index (χ2v) is 7.93. The first-order valence-electron chi connectivity index (χ1n) is 11.4. The predicted molar refractivity (Wildman–Crippen MR) is 131 cm³/mol. The van der Waals surface area contributed by atoms with Crippen LogP contribution in [0.4, 0.5) is 0 Å². The zero-order chi connectivity index (χ0) is 23.0. The number of nitrogens with zero attached hydrogens (tertiary/aromatic N) is 1. The molecule has 0 spiro atoms. The lowest BCUT2D eigenvalue weighted by atomic mass is 9.84. The maximum Gasteiger partial charge on any atom is 0.281 e. The highest BCUT2D eigenvalue weighted by molar-refractivity contribution is 6.01. The summed E-state index contributed by atoms with van der Waals surface area (Å²) in [6, 6.07) is 24.9. The molecule has 3 aromatic rings. The van der Waals surface area contributed by atoms with Gasteiger partial charge in [-0.1, -0.05) is 106 Å². The summed E-state index contributed by atoms with van der Waals surface area (Å²) in [6.07, 6.45) is 3.39. The molecule has 32 heavy (non-hydrogen) atoms. The third kappa shape index (κ3) is 5.14. The second-order valence-electron chi connectivity index (χ2n) is 7.93. The fourth-order valence-electron chi connectivity index (χ4n) is 3.72. The van der Waals surface area contributed by atoms with E-state index in [1.54, 1.807) is 0 Å². The highest BCUT2D eigenvalue weighted by Crippen LogP contribution is 2.31. The van der Waals surface area contributed by atoms with Crippen LogP contribution in [0.25, 0.3) is 0 Å². The number of rotatable bonds is 9. The first-order chi connectivity index (χ1) is 15.5. The summed E-state index contributed by atoms with van der Waals surface area (Å²) in [7, 11) is 0. The summed E-state index contributed by atoms with van der Waals surface area (Å²) >= 11 is 0. The van der Waals surface area contributed by atoms with Gasteiger partial charge in [-0.2, -0.15) is 5.10 Å². The third-order valence-electron chi connectivity index (χ3n) is 5.77. The largest absolute Gasteiger partial charge is 0.372 e. The van der Waals surface area contributed by atoms with Crippen LogP contribution in [0.1, 0.15) is 61.4 Å². The van der Waals surface area contributed by atoms with Crippen LogP contribution in [-0.4, -0.2) is 16.7 Å². The van der Waals surface area contributed by atoms with E-state index in [0.29, 0.717) is 11.1 Å². The number of nitrogens with one attached hydrogen (secondary N) is 1. The average molecular weight is 429 g/mol. The average Bonchev–Trinajstić information content (AvgIpc) is 2.86. The molecule has 0 radical (unpaired) electrons. The Morgan fingerprint density at radius 2 is 1.31 bits per heavy atom. The Balaban J connectivity index is 2.00. The van der Waals surface area contributed by atoms with Crippen molar-refractivity contribution in [1.29, 1.82) is 0 Å². The van der Waals surface area contributed by atoms with Gasteiger partial charge in [-0.3, -0.25) is 4.79 Å². The molecule has 2 N–H and O–H groups in total. The number of hydrogen-bond donors (Lipinski definition) is 2. The monoisotopic (exact) mass is 428 g/mol. The van der Waals surface area contributed by atoms with Crippen LogP contribution in [0.2, 0.25) is 0 Å². The van der Waals surface area contributed by atoms with Gasteiger partial charge in [-0.15, -0.1) is 0 Å². The van der Waals surface area contributed by atoms with Crippen molar-refractivity contribution in [2.45, 2.75) is 52.1 Å². The van der Waals surface area contributed by atoms with Crippen LogP contribution in [0.3, 0.4) is 0 Å². The first kappa shape index (κ1) is 23.4. The van der Waals surface area contributed by atoms with Crippen molar-refractivity contribution in [3.63, 3.8) is 0 Å². The normalized spacial score (nSPS) is 11.9. The van der Waals surface area contributed by atoms with Gasteiger partial charge in [0.05, 0.1) is 5.71 Å². The summed E-state index contributed by atoms with van der Waals surface area (Å²) in [5.74, 6) is -0.574. The molecular weight excluding hydrogens is 396 g/mol. The summed E-state index contributed by atoms with van der Waals surface area (Å²) in [4.78, 5) is 13.4. The van der Waals surface area contributed by atoms with E-state index in [1.165, 1.54) is 0 Å². The van der Waals surface area contributed by atoms with Gasteiger partial charge in [-0.05, 0) is 47.1 Å². The van der Waals surface area contributed by atoms with Crippen molar-refractivity contribution >= 4 is 11.6 Å². The van der Waals surface area contributed by atoms with E-state index in [-0.39, 0.29) is 0 Å². The van der Waals surface area contributed by atoms with Crippen molar-refractivity contribution in [3.8, 4) is 0 Å². The lowest BCUT2D eigenvalue weighted by molar-refractivity contribution is -0.136. The van der Waals surface area contributed by atoms with Gasteiger partial charge in [0.1, 0.15) is 0 Å². The molecule has 1 amide bonds. The quantitative estimate of drug-likeness (QED) is 0.356. The number of amides is 1. The Hall–Kier alpha value is -3.24. The lowest BCUT2D eigenvalue weighted by Gasteiger charge is -2.27. The molecule has 0 saturated carbocycles. The molecule has 3 aromatic carbocycles. The number of benzene rings is 3. The van der Waals surface area contributed by atoms with Crippen LogP contribution >= 0.6 is 0 Å². The highest BCUT2D eigenvalue weighted by Gasteiger charge is 2.40. The first-order valence-corrected chi connectivity index (χ1v) is 11.4. The van der Waals surface area contributed by atoms with E-state index >= 15 is 0 Å². The smallest absolute Gasteiger partial charge is 0.281 e. The van der Waals surface area contributed by atoms with Crippen LogP contribution in [0.5, 0.6) is 0 Å². The van der Waals surface area contributed by atoms with E-state index in [1.807, 2.05) is 78.9 Å². The SMILES string of the molecule is CCC/C(=N/NC(=O)C(O)(c1ccc(CC)cc1)c1ccc(CC)cc1)c1ccccc1. The molecule has 3 rings (SSSR count). The maximum atomic E-state index is 13.4. The van der Waals surface area contributed by atoms with E-state index < -0.39 is 11.5 Å². The molecule has 4 nitrogen and oxygen atoms in total. The Bertz CT molecular complexity index is 992. The highest BCUT2D eigenvalue weighted by atomic mass is 16.3. The zero-order valence-electron chi connectivity index (χ0n) is 19.1. The van der Waals surface area contributed by atoms with Crippen molar-refractivity contribution in [2.75, 3.05) is 0 Å². The molecule has 0 saturated heterocycles. The molecule has 0 fully saturated rings. The second kappa shape index (κ2) is 10.9. The number of hydrogen-bond acceptors (Lipinski definition) is 3. The third-order valence-corrected chi connectivity index (χ3v) is 5.77. The number of hydrazone groups is 1. The van der Waals surface area contributed by atoms with E-state index in [2.05, 4.69) is 31.3 Å². The van der Waals surface area contributed by atoms with Gasteiger partial charge in [-0.25, -0.2) is 5.43 Å². The zero-order valence-corrected chi connectivity index (χ0v) is 19.1. The Labute approximate surface area is 191 Å². The topological polar surface area (TPSA) is 61.7 Å². The molecule has 0 aromatic heterocycles. The van der Waals surface area contributed by atoms with E-state index in [9.17, 15) is 9.90 Å². The number of carbonyl (C=O) groups is 1. The van der Waals surface area contributed by atoms with Gasteiger partial charge in [0.2, 0.25) is 0 Å². The number of carbonyl (C=O) groups excluding carboxylic acids is 1. The summed E-state index contributed by atoms with van der Waals surface area (Å²) < 4.78 is 0. The van der Waals surface area contributed by atoms with Gasteiger partial charge in [0, 0.05) is 0 Å². The van der Waals surface area contributed by atoms with Crippen molar-refractivity contribution in [1.82, 2.24) is 5.43 Å². The number of aliphatic hydroxyl groups is 1. The fraction of sp³-hybridized carbons (Fsp3) is 0.286. The standard InChI is InChI=1S/C28H32N2O2/c1-4-10-26(23-11-8-7-9-12-23)29-30-27(31)28(32,24-17-13-21(5-2)14-18-24)25-19-15-22(6-3)16-20-25/h7-9,11-20,32H,4-6,10H2,1-3H3,(H,30,31)/b29-26-.